The Morgan fingerprint density at radius 3 is 2.50 bits per heavy atom. The Morgan fingerprint density at radius 2 is 1.94 bits per heavy atom. The molecule has 1 heterocycles. The minimum atomic E-state index is -1.21. The molecule has 3 nitrogen and oxygen atoms in total. The zero-order valence-electron chi connectivity index (χ0n) is 11.4. The summed E-state index contributed by atoms with van der Waals surface area (Å²) < 4.78 is 12.0. The smallest absolute Gasteiger partial charge is 0.396 e. The van der Waals surface area contributed by atoms with Crippen molar-refractivity contribution in [3.63, 3.8) is 0 Å². The van der Waals surface area contributed by atoms with Crippen molar-refractivity contribution in [2.24, 2.45) is 0 Å². The van der Waals surface area contributed by atoms with E-state index in [0.717, 1.165) is 27.3 Å². The molecule has 1 aromatic carbocycles. The van der Waals surface area contributed by atoms with Crippen molar-refractivity contribution in [1.29, 1.82) is 0 Å². The molecule has 0 amide bonds. The average molecular weight is 282 g/mol. The third-order valence-corrected chi connectivity index (χ3v) is 4.21. The fourth-order valence-electron chi connectivity index (χ4n) is 1.72. The molecule has 0 saturated carbocycles. The van der Waals surface area contributed by atoms with E-state index in [9.17, 15) is 4.79 Å². The largest absolute Gasteiger partial charge is 0.546 e. The number of rotatable bonds is 2. The first-order valence-electron chi connectivity index (χ1n) is 6.02. The van der Waals surface area contributed by atoms with Gasteiger partial charge in [0.15, 0.2) is 5.58 Å². The maximum absolute atomic E-state index is 11.4. The predicted octanol–water partition coefficient (Wildman–Crippen LogP) is 3.51. The fourth-order valence-corrected chi connectivity index (χ4v) is 3.21. The van der Waals surface area contributed by atoms with Gasteiger partial charge in [-0.1, -0.05) is 20.8 Å². The van der Waals surface area contributed by atoms with Gasteiger partial charge in [0.2, 0.25) is 9.04 Å². The van der Waals surface area contributed by atoms with Crippen LogP contribution in [0.25, 0.3) is 10.3 Å². The summed E-state index contributed by atoms with van der Waals surface area (Å²) in [6.07, 6.45) is 0. The number of hydrogen-bond donors (Lipinski definition) is 0. The Morgan fingerprint density at radius 1 is 1.28 bits per heavy atom. The van der Waals surface area contributed by atoms with Gasteiger partial charge < -0.3 is 8.84 Å². The molecule has 0 aliphatic heterocycles. The normalized spacial score (nSPS) is 12.3. The molecule has 0 atom stereocenters. The molecule has 2 aromatic rings. The number of fused-ring (bicyclic) bond motifs is 1. The van der Waals surface area contributed by atoms with Crippen LogP contribution in [0.15, 0.2) is 21.3 Å². The maximum atomic E-state index is 11.4. The lowest BCUT2D eigenvalue weighted by Crippen LogP contribution is -2.14. The van der Waals surface area contributed by atoms with Crippen LogP contribution in [0.2, 0.25) is 13.1 Å². The van der Waals surface area contributed by atoms with E-state index >= 15 is 0 Å². The summed E-state index contributed by atoms with van der Waals surface area (Å²) in [5, 5.41) is 0. The maximum Gasteiger partial charge on any atom is 0.396 e. The minimum absolute atomic E-state index is 0.00530. The molecule has 0 aliphatic carbocycles. The molecule has 98 valence electrons. The van der Waals surface area contributed by atoms with Crippen molar-refractivity contribution in [2.45, 2.75) is 39.3 Å². The SMILES string of the molecule is C[SiH](C)Oc1cc(C(C)(C)C)cc2oc(=O)sc12. The Hall–Kier alpha value is -1.07. The highest BCUT2D eigenvalue weighted by Gasteiger charge is 2.19. The Kier molecular flexibility index (Phi) is 3.38. The van der Waals surface area contributed by atoms with E-state index in [1.165, 1.54) is 0 Å². The molecule has 0 N–H and O–H groups in total. The Labute approximate surface area is 112 Å². The van der Waals surface area contributed by atoms with Crippen LogP contribution in [-0.4, -0.2) is 9.04 Å². The highest BCUT2D eigenvalue weighted by atomic mass is 32.1. The monoisotopic (exact) mass is 282 g/mol. The van der Waals surface area contributed by atoms with E-state index in [0.29, 0.717) is 5.58 Å². The van der Waals surface area contributed by atoms with Gasteiger partial charge in [-0.3, -0.25) is 0 Å². The summed E-state index contributed by atoms with van der Waals surface area (Å²) >= 11 is 1.12. The molecule has 0 saturated heterocycles. The lowest BCUT2D eigenvalue weighted by molar-refractivity contribution is 0.555. The van der Waals surface area contributed by atoms with Crippen LogP contribution in [0.1, 0.15) is 26.3 Å². The van der Waals surface area contributed by atoms with E-state index in [-0.39, 0.29) is 10.4 Å². The van der Waals surface area contributed by atoms with Crippen molar-refractivity contribution < 1.29 is 8.84 Å². The molecule has 0 spiro atoms. The van der Waals surface area contributed by atoms with Crippen LogP contribution in [0.3, 0.4) is 0 Å². The molecule has 2 rings (SSSR count). The van der Waals surface area contributed by atoms with Gasteiger partial charge >= 0.3 is 4.94 Å². The van der Waals surface area contributed by atoms with Crippen molar-refractivity contribution in [1.82, 2.24) is 0 Å². The summed E-state index contributed by atoms with van der Waals surface area (Å²) in [4.78, 5) is 11.1. The highest BCUT2D eigenvalue weighted by molar-refractivity contribution is 7.16. The van der Waals surface area contributed by atoms with Gasteiger partial charge in [-0.05, 0) is 47.5 Å². The third-order valence-electron chi connectivity index (χ3n) is 2.63. The number of hydrogen-bond acceptors (Lipinski definition) is 4. The third kappa shape index (κ3) is 2.67. The fraction of sp³-hybridized carbons (Fsp3) is 0.462. The van der Waals surface area contributed by atoms with Crippen LogP contribution in [0.4, 0.5) is 0 Å². The van der Waals surface area contributed by atoms with Gasteiger partial charge in [0.1, 0.15) is 10.4 Å². The minimum Gasteiger partial charge on any atom is -0.546 e. The first-order chi connectivity index (χ1) is 8.27. The van der Waals surface area contributed by atoms with E-state index in [4.69, 9.17) is 8.84 Å². The van der Waals surface area contributed by atoms with Crippen LogP contribution >= 0.6 is 11.3 Å². The zero-order chi connectivity index (χ0) is 13.5. The summed E-state index contributed by atoms with van der Waals surface area (Å²) in [7, 11) is -1.21. The van der Waals surface area contributed by atoms with Gasteiger partial charge in [-0.15, -0.1) is 0 Å². The molecule has 18 heavy (non-hydrogen) atoms. The summed E-state index contributed by atoms with van der Waals surface area (Å²) in [6.45, 7) is 10.6. The van der Waals surface area contributed by atoms with Gasteiger partial charge in [0, 0.05) is 0 Å². The second kappa shape index (κ2) is 4.55. The first kappa shape index (κ1) is 13.4. The molecule has 0 aliphatic rings. The highest BCUT2D eigenvalue weighted by Crippen LogP contribution is 2.35. The van der Waals surface area contributed by atoms with E-state index in [2.05, 4.69) is 33.9 Å². The molecule has 5 heteroatoms. The van der Waals surface area contributed by atoms with E-state index < -0.39 is 9.04 Å². The molecule has 0 fully saturated rings. The molecule has 0 unspecified atom stereocenters. The van der Waals surface area contributed by atoms with Crippen molar-refractivity contribution in [3.8, 4) is 5.75 Å². The van der Waals surface area contributed by atoms with Crippen LogP contribution in [0.5, 0.6) is 5.75 Å². The molecule has 0 radical (unpaired) electrons. The lowest BCUT2D eigenvalue weighted by Gasteiger charge is -2.20. The Balaban J connectivity index is 2.68. The zero-order valence-corrected chi connectivity index (χ0v) is 13.3. The van der Waals surface area contributed by atoms with Crippen molar-refractivity contribution in [3.05, 3.63) is 27.4 Å². The van der Waals surface area contributed by atoms with E-state index in [1.54, 1.807) is 0 Å². The molecule has 1 aromatic heterocycles. The Bertz CT molecular complexity index is 619. The predicted molar refractivity (Wildman–Crippen MR) is 78.6 cm³/mol. The second-order valence-electron chi connectivity index (χ2n) is 5.67. The van der Waals surface area contributed by atoms with Crippen LogP contribution in [0, 0.1) is 0 Å². The van der Waals surface area contributed by atoms with Gasteiger partial charge in [0.05, 0.1) is 0 Å². The second-order valence-corrected chi connectivity index (χ2v) is 8.95. The van der Waals surface area contributed by atoms with Crippen LogP contribution < -0.4 is 9.37 Å². The summed E-state index contributed by atoms with van der Waals surface area (Å²) in [6, 6.07) is 3.99. The van der Waals surface area contributed by atoms with Gasteiger partial charge in [-0.2, -0.15) is 0 Å². The van der Waals surface area contributed by atoms with Crippen LogP contribution in [-0.2, 0) is 5.41 Å². The van der Waals surface area contributed by atoms with E-state index in [1.807, 2.05) is 12.1 Å². The quantitative estimate of drug-likeness (QED) is 0.791. The molecular weight excluding hydrogens is 264 g/mol. The van der Waals surface area contributed by atoms with Crippen molar-refractivity contribution in [2.75, 3.05) is 0 Å². The number of benzene rings is 1. The standard InChI is InChI=1S/C13H18O3SSi/c1-13(2,3)8-6-9-11(17-12(14)15-9)10(7-8)16-18(4)5/h6-7,18H,1-5H3. The summed E-state index contributed by atoms with van der Waals surface area (Å²) in [5.74, 6) is 0.801. The average Bonchev–Trinajstić information content (AvgIpc) is 2.56. The lowest BCUT2D eigenvalue weighted by atomic mass is 9.87. The summed E-state index contributed by atoms with van der Waals surface area (Å²) in [5.41, 5.74) is 1.77. The van der Waals surface area contributed by atoms with Crippen molar-refractivity contribution >= 4 is 30.7 Å². The topological polar surface area (TPSA) is 39.4 Å². The van der Waals surface area contributed by atoms with Gasteiger partial charge in [0.25, 0.3) is 0 Å². The first-order valence-corrected chi connectivity index (χ1v) is 9.62. The molecule has 0 bridgehead atoms. The molecular formula is C13H18O3SSi. The van der Waals surface area contributed by atoms with Gasteiger partial charge in [-0.25, -0.2) is 4.79 Å².